The molecule has 0 atom stereocenters. The summed E-state index contributed by atoms with van der Waals surface area (Å²) in [5, 5.41) is 13.6. The minimum Gasteiger partial charge on any atom is -0.493 e. The Labute approximate surface area is 154 Å². The summed E-state index contributed by atoms with van der Waals surface area (Å²) in [7, 11) is 1.59. The minimum absolute atomic E-state index is 0.0688. The molecule has 0 saturated heterocycles. The molecule has 4 aromatic rings. The van der Waals surface area contributed by atoms with Gasteiger partial charge in [-0.05, 0) is 30.5 Å². The van der Waals surface area contributed by atoms with Crippen molar-refractivity contribution >= 4 is 22.6 Å². The van der Waals surface area contributed by atoms with Gasteiger partial charge in [-0.25, -0.2) is 19.3 Å². The summed E-state index contributed by atoms with van der Waals surface area (Å²) in [4.78, 5) is 23.6. The number of aromatic amines is 1. The largest absolute Gasteiger partial charge is 0.493 e. The summed E-state index contributed by atoms with van der Waals surface area (Å²) in [5.41, 5.74) is 5.46. The zero-order chi connectivity index (χ0) is 19.3. The molecule has 0 aliphatic rings. The number of aryl methyl sites for hydroxylation is 1. The molecular formula is C19H19N5O3. The second kappa shape index (κ2) is 6.08. The van der Waals surface area contributed by atoms with Crippen LogP contribution in [0.25, 0.3) is 27.9 Å². The number of carboxylic acids is 1. The molecule has 0 fully saturated rings. The van der Waals surface area contributed by atoms with Crippen LogP contribution in [0.4, 0.5) is 0 Å². The molecule has 0 amide bonds. The van der Waals surface area contributed by atoms with Gasteiger partial charge < -0.3 is 14.8 Å². The molecule has 4 heterocycles. The fourth-order valence-electron chi connectivity index (χ4n) is 3.42. The van der Waals surface area contributed by atoms with Crippen molar-refractivity contribution in [2.45, 2.75) is 26.7 Å². The van der Waals surface area contributed by atoms with E-state index < -0.39 is 5.97 Å². The van der Waals surface area contributed by atoms with Gasteiger partial charge in [-0.15, -0.1) is 0 Å². The van der Waals surface area contributed by atoms with Crippen LogP contribution in [0.15, 0.2) is 24.7 Å². The predicted octanol–water partition coefficient (Wildman–Crippen LogP) is 3.41. The molecule has 4 rings (SSSR count). The van der Waals surface area contributed by atoms with E-state index in [0.29, 0.717) is 22.5 Å². The molecule has 4 aromatic heterocycles. The van der Waals surface area contributed by atoms with Gasteiger partial charge >= 0.3 is 5.97 Å². The molecule has 0 unspecified atom stereocenters. The van der Waals surface area contributed by atoms with Crippen LogP contribution >= 0.6 is 0 Å². The summed E-state index contributed by atoms with van der Waals surface area (Å²) in [6.07, 6.45) is 3.34. The van der Waals surface area contributed by atoms with E-state index in [1.54, 1.807) is 18.5 Å². The third-order valence-corrected chi connectivity index (χ3v) is 4.63. The average molecular weight is 365 g/mol. The van der Waals surface area contributed by atoms with E-state index in [2.05, 4.69) is 33.9 Å². The number of nitrogens with one attached hydrogen (secondary N) is 1. The Bertz CT molecular complexity index is 1190. The third-order valence-electron chi connectivity index (χ3n) is 4.63. The quantitative estimate of drug-likeness (QED) is 0.574. The number of carbonyl (C=O) groups is 1. The van der Waals surface area contributed by atoms with Gasteiger partial charge in [0.2, 0.25) is 0 Å². The van der Waals surface area contributed by atoms with E-state index in [4.69, 9.17) is 4.74 Å². The van der Waals surface area contributed by atoms with Crippen molar-refractivity contribution in [1.82, 2.24) is 24.6 Å². The maximum Gasteiger partial charge on any atom is 0.354 e. The van der Waals surface area contributed by atoms with E-state index >= 15 is 0 Å². The summed E-state index contributed by atoms with van der Waals surface area (Å²) in [5.74, 6) is -0.297. The Kier molecular flexibility index (Phi) is 3.83. The SMILES string of the molecule is COc1cc(-c2[nH]c3cc(C)c(C(=O)O)nc3c2C(C)C)cn2ncnc12. The van der Waals surface area contributed by atoms with E-state index in [1.807, 2.05) is 18.3 Å². The maximum atomic E-state index is 11.5. The number of aromatic nitrogens is 5. The highest BCUT2D eigenvalue weighted by Crippen LogP contribution is 2.36. The number of methoxy groups -OCH3 is 1. The molecule has 0 aliphatic carbocycles. The smallest absolute Gasteiger partial charge is 0.354 e. The standard InChI is InChI=1S/C19H19N5O3/c1-9(2)14-16(11-6-13(27-4)18-20-8-21-24(18)7-11)22-12-5-10(3)15(19(25)26)23-17(12)14/h5-9,22H,1-4H3,(H,25,26). The first-order chi connectivity index (χ1) is 12.9. The van der Waals surface area contributed by atoms with Crippen molar-refractivity contribution in [3.8, 4) is 17.0 Å². The second-order valence-corrected chi connectivity index (χ2v) is 6.75. The first-order valence-electron chi connectivity index (χ1n) is 8.55. The molecular weight excluding hydrogens is 346 g/mol. The van der Waals surface area contributed by atoms with Crippen LogP contribution in [-0.2, 0) is 0 Å². The fraction of sp³-hybridized carbons (Fsp3) is 0.263. The van der Waals surface area contributed by atoms with Crippen LogP contribution in [0.2, 0.25) is 0 Å². The zero-order valence-corrected chi connectivity index (χ0v) is 15.4. The number of carboxylic acid groups (broad SMARTS) is 1. The highest BCUT2D eigenvalue weighted by Gasteiger charge is 2.21. The molecule has 0 aliphatic heterocycles. The van der Waals surface area contributed by atoms with E-state index in [-0.39, 0.29) is 11.6 Å². The molecule has 0 bridgehead atoms. The van der Waals surface area contributed by atoms with Gasteiger partial charge in [0.15, 0.2) is 17.1 Å². The fourth-order valence-corrected chi connectivity index (χ4v) is 3.42. The van der Waals surface area contributed by atoms with Gasteiger partial charge in [0.05, 0.1) is 23.8 Å². The van der Waals surface area contributed by atoms with Crippen molar-refractivity contribution < 1.29 is 14.6 Å². The third kappa shape index (κ3) is 2.61. The number of nitrogens with zero attached hydrogens (tertiary/aromatic N) is 4. The van der Waals surface area contributed by atoms with Crippen LogP contribution in [0.3, 0.4) is 0 Å². The van der Waals surface area contributed by atoms with Crippen LogP contribution in [0, 0.1) is 6.92 Å². The summed E-state index contributed by atoms with van der Waals surface area (Å²) >= 11 is 0. The first-order valence-corrected chi connectivity index (χ1v) is 8.55. The lowest BCUT2D eigenvalue weighted by Crippen LogP contribution is -2.04. The topological polar surface area (TPSA) is 105 Å². The zero-order valence-electron chi connectivity index (χ0n) is 15.4. The predicted molar refractivity (Wildman–Crippen MR) is 100 cm³/mol. The van der Waals surface area contributed by atoms with Crippen LogP contribution in [-0.4, -0.2) is 42.8 Å². The molecule has 27 heavy (non-hydrogen) atoms. The Hall–Kier alpha value is -3.42. The van der Waals surface area contributed by atoms with Gasteiger partial charge in [-0.1, -0.05) is 13.8 Å². The van der Waals surface area contributed by atoms with E-state index in [0.717, 1.165) is 22.3 Å². The normalized spacial score (nSPS) is 11.6. The highest BCUT2D eigenvalue weighted by atomic mass is 16.5. The van der Waals surface area contributed by atoms with Crippen molar-refractivity contribution in [3.05, 3.63) is 41.5 Å². The number of hydrogen-bond acceptors (Lipinski definition) is 5. The Morgan fingerprint density at radius 1 is 1.33 bits per heavy atom. The monoisotopic (exact) mass is 365 g/mol. The van der Waals surface area contributed by atoms with Crippen LogP contribution in [0.5, 0.6) is 5.75 Å². The lowest BCUT2D eigenvalue weighted by Gasteiger charge is -2.10. The number of pyridine rings is 2. The number of aromatic carboxylic acids is 1. The number of fused-ring (bicyclic) bond motifs is 2. The van der Waals surface area contributed by atoms with Gasteiger partial charge in [0.25, 0.3) is 0 Å². The summed E-state index contributed by atoms with van der Waals surface area (Å²) in [6, 6.07) is 3.72. The van der Waals surface area contributed by atoms with Crippen molar-refractivity contribution in [1.29, 1.82) is 0 Å². The average Bonchev–Trinajstić information content (AvgIpc) is 3.23. The van der Waals surface area contributed by atoms with Gasteiger partial charge in [0.1, 0.15) is 6.33 Å². The van der Waals surface area contributed by atoms with Crippen LogP contribution < -0.4 is 4.74 Å². The number of rotatable bonds is 4. The van der Waals surface area contributed by atoms with Crippen molar-refractivity contribution in [3.63, 3.8) is 0 Å². The van der Waals surface area contributed by atoms with Crippen molar-refractivity contribution in [2.75, 3.05) is 7.11 Å². The maximum absolute atomic E-state index is 11.5. The van der Waals surface area contributed by atoms with Crippen LogP contribution in [0.1, 0.15) is 41.4 Å². The summed E-state index contributed by atoms with van der Waals surface area (Å²) < 4.78 is 7.12. The Morgan fingerprint density at radius 3 is 2.78 bits per heavy atom. The molecule has 138 valence electrons. The molecule has 0 radical (unpaired) electrons. The number of hydrogen-bond donors (Lipinski definition) is 2. The molecule has 8 heteroatoms. The molecule has 0 spiro atoms. The Morgan fingerprint density at radius 2 is 2.11 bits per heavy atom. The molecule has 0 aromatic carbocycles. The number of H-pyrrole nitrogens is 1. The Balaban J connectivity index is 2.04. The minimum atomic E-state index is -1.03. The second-order valence-electron chi connectivity index (χ2n) is 6.75. The van der Waals surface area contributed by atoms with Gasteiger partial charge in [-0.3, -0.25) is 0 Å². The van der Waals surface area contributed by atoms with Gasteiger partial charge in [0, 0.05) is 17.3 Å². The highest BCUT2D eigenvalue weighted by molar-refractivity contribution is 5.94. The lowest BCUT2D eigenvalue weighted by atomic mass is 9.98. The molecule has 8 nitrogen and oxygen atoms in total. The van der Waals surface area contributed by atoms with E-state index in [1.165, 1.54) is 6.33 Å². The van der Waals surface area contributed by atoms with E-state index in [9.17, 15) is 9.90 Å². The van der Waals surface area contributed by atoms with Gasteiger partial charge in [-0.2, -0.15) is 5.10 Å². The molecule has 0 saturated carbocycles. The lowest BCUT2D eigenvalue weighted by molar-refractivity contribution is 0.0690. The van der Waals surface area contributed by atoms with Crippen molar-refractivity contribution in [2.24, 2.45) is 0 Å². The molecule has 2 N–H and O–H groups in total. The summed E-state index contributed by atoms with van der Waals surface area (Å²) in [6.45, 7) is 5.86. The number of ether oxygens (including phenoxy) is 1. The first kappa shape index (κ1) is 17.0.